The summed E-state index contributed by atoms with van der Waals surface area (Å²) in [5.74, 6) is 1.48. The summed E-state index contributed by atoms with van der Waals surface area (Å²) in [7, 11) is 0. The van der Waals surface area contributed by atoms with Crippen LogP contribution in [-0.2, 0) is 5.54 Å². The highest BCUT2D eigenvalue weighted by molar-refractivity contribution is 5.72. The van der Waals surface area contributed by atoms with Crippen LogP contribution in [0.3, 0.4) is 0 Å². The highest BCUT2D eigenvalue weighted by Gasteiger charge is 2.45. The van der Waals surface area contributed by atoms with Crippen LogP contribution in [0.5, 0.6) is 11.5 Å². The average molecular weight is 467 g/mol. The third kappa shape index (κ3) is 4.26. The van der Waals surface area contributed by atoms with E-state index in [1.165, 1.54) is 0 Å². The predicted octanol–water partition coefficient (Wildman–Crippen LogP) is 7.47. The van der Waals surface area contributed by atoms with E-state index in [-0.39, 0.29) is 0 Å². The molecule has 4 heteroatoms. The third-order valence-electron chi connectivity index (χ3n) is 6.45. The Balaban J connectivity index is 0.00000141. The molecule has 1 heterocycles. The Kier molecular flexibility index (Phi) is 6.86. The number of hydrogen-bond acceptors (Lipinski definition) is 4. The minimum Gasteiger partial charge on any atom is -0.456 e. The Morgan fingerprint density at radius 1 is 0.800 bits per heavy atom. The number of hydrogen-bond donors (Lipinski definition) is 3. The largest absolute Gasteiger partial charge is 0.456 e. The second-order valence-corrected chi connectivity index (χ2v) is 8.81. The van der Waals surface area contributed by atoms with Crippen molar-refractivity contribution in [2.75, 3.05) is 11.1 Å². The molecule has 0 saturated carbocycles. The van der Waals surface area contributed by atoms with E-state index in [1.54, 1.807) is 6.92 Å². The van der Waals surface area contributed by atoms with E-state index in [1.807, 2.05) is 62.4 Å². The number of nitrogens with two attached hydrogens (primary N) is 1. The lowest BCUT2D eigenvalue weighted by molar-refractivity contribution is 0.197. The van der Waals surface area contributed by atoms with Gasteiger partial charge in [-0.05, 0) is 61.2 Å². The topological polar surface area (TPSA) is 67.5 Å². The number of nitrogen functional groups attached to an aromatic ring is 1. The maximum atomic E-state index is 10.8. The van der Waals surface area contributed by atoms with Crippen molar-refractivity contribution in [1.29, 1.82) is 0 Å². The smallest absolute Gasteiger partial charge is 0.135 e. The van der Waals surface area contributed by atoms with Crippen molar-refractivity contribution in [3.8, 4) is 11.5 Å². The van der Waals surface area contributed by atoms with E-state index in [4.69, 9.17) is 10.5 Å². The van der Waals surface area contributed by atoms with Crippen molar-refractivity contribution >= 4 is 11.4 Å². The quantitative estimate of drug-likeness (QED) is 0.273. The molecule has 0 aliphatic carbocycles. The number of nitrogens with one attached hydrogen (secondary N) is 1. The van der Waals surface area contributed by atoms with E-state index in [2.05, 4.69) is 55.6 Å². The molecule has 1 aliphatic rings. The number of aryl methyl sites for hydroxylation is 2. The predicted molar refractivity (Wildman–Crippen MR) is 145 cm³/mol. The zero-order chi connectivity index (χ0) is 25.2. The standard InChI is InChI=1S/C29H28N2O2.C2H6/c1-18-12-14-24-27(16-18)33-28-17-21(30)13-15-25(28)29(24,31-26-11-7-4-8-19(26)2)23-10-6-5-9-22(23)20(3)32;1-2/h4-17,20,31-32H,30H2,1-3H3;1-2H3. The molecule has 0 amide bonds. The summed E-state index contributed by atoms with van der Waals surface area (Å²) in [6.45, 7) is 9.95. The molecular formula is C31H34N2O2. The number of benzene rings is 4. The molecule has 0 radical (unpaired) electrons. The van der Waals surface area contributed by atoms with Gasteiger partial charge in [-0.1, -0.05) is 74.5 Å². The number of aliphatic hydroxyl groups is 1. The van der Waals surface area contributed by atoms with Crippen molar-refractivity contribution < 1.29 is 9.84 Å². The summed E-state index contributed by atoms with van der Waals surface area (Å²) in [5.41, 5.74) is 13.0. The minimum absolute atomic E-state index is 0.637. The number of rotatable bonds is 4. The number of para-hydroxylation sites is 1. The summed E-state index contributed by atoms with van der Waals surface area (Å²) in [4.78, 5) is 0. The molecule has 4 aromatic carbocycles. The molecule has 4 aromatic rings. The second kappa shape index (κ2) is 9.85. The van der Waals surface area contributed by atoms with Gasteiger partial charge in [0.05, 0.1) is 6.10 Å². The third-order valence-corrected chi connectivity index (χ3v) is 6.45. The van der Waals surface area contributed by atoms with Gasteiger partial charge in [-0.2, -0.15) is 0 Å². The Hall–Kier alpha value is -3.76. The Morgan fingerprint density at radius 3 is 2.14 bits per heavy atom. The fraction of sp³-hybridized carbons (Fsp3) is 0.226. The van der Waals surface area contributed by atoms with Crippen LogP contribution < -0.4 is 15.8 Å². The van der Waals surface area contributed by atoms with Gasteiger partial charge in [-0.3, -0.25) is 0 Å². The SMILES string of the molecule is CC.Cc1ccc2c(c1)Oc1cc(N)ccc1C2(Nc1ccccc1C)c1ccccc1C(C)O. The monoisotopic (exact) mass is 466 g/mol. The second-order valence-electron chi connectivity index (χ2n) is 8.81. The lowest BCUT2D eigenvalue weighted by atomic mass is 9.72. The Bertz CT molecular complexity index is 1290. The van der Waals surface area contributed by atoms with Gasteiger partial charge in [-0.15, -0.1) is 0 Å². The Labute approximate surface area is 208 Å². The van der Waals surface area contributed by atoms with Gasteiger partial charge >= 0.3 is 0 Å². The fourth-order valence-corrected chi connectivity index (χ4v) is 4.83. The van der Waals surface area contributed by atoms with Gasteiger partial charge in [0.2, 0.25) is 0 Å². The number of anilines is 2. The molecule has 0 spiro atoms. The maximum absolute atomic E-state index is 10.8. The lowest BCUT2D eigenvalue weighted by Crippen LogP contribution is -2.41. The first-order valence-electron chi connectivity index (χ1n) is 12.2. The van der Waals surface area contributed by atoms with Crippen molar-refractivity contribution in [1.82, 2.24) is 0 Å². The summed E-state index contributed by atoms with van der Waals surface area (Å²) in [5, 5.41) is 14.7. The molecule has 0 saturated heterocycles. The normalized spacial score (nSPS) is 16.6. The molecule has 0 aromatic heterocycles. The van der Waals surface area contributed by atoms with Crippen molar-refractivity contribution in [3.63, 3.8) is 0 Å². The van der Waals surface area contributed by atoms with Crippen LogP contribution >= 0.6 is 0 Å². The number of ether oxygens (including phenoxy) is 1. The maximum Gasteiger partial charge on any atom is 0.135 e. The highest BCUT2D eigenvalue weighted by Crippen LogP contribution is 2.53. The van der Waals surface area contributed by atoms with Gasteiger partial charge in [0, 0.05) is 28.6 Å². The van der Waals surface area contributed by atoms with E-state index in [9.17, 15) is 5.11 Å². The van der Waals surface area contributed by atoms with Gasteiger partial charge in [-0.25, -0.2) is 0 Å². The molecule has 5 rings (SSSR count). The molecule has 2 atom stereocenters. The van der Waals surface area contributed by atoms with Crippen LogP contribution in [0.2, 0.25) is 0 Å². The Morgan fingerprint density at radius 2 is 1.43 bits per heavy atom. The first kappa shape index (κ1) is 24.4. The van der Waals surface area contributed by atoms with Crippen LogP contribution in [0.1, 0.15) is 60.3 Å². The van der Waals surface area contributed by atoms with Crippen LogP contribution in [-0.4, -0.2) is 5.11 Å². The fourth-order valence-electron chi connectivity index (χ4n) is 4.83. The molecule has 4 N–H and O–H groups in total. The molecule has 35 heavy (non-hydrogen) atoms. The van der Waals surface area contributed by atoms with Crippen molar-refractivity contribution in [2.24, 2.45) is 0 Å². The molecule has 1 aliphatic heterocycles. The highest BCUT2D eigenvalue weighted by atomic mass is 16.5. The van der Waals surface area contributed by atoms with Crippen LogP contribution in [0.25, 0.3) is 0 Å². The van der Waals surface area contributed by atoms with Gasteiger partial charge in [0.1, 0.15) is 17.0 Å². The van der Waals surface area contributed by atoms with E-state index >= 15 is 0 Å². The number of aliphatic hydroxyl groups excluding tert-OH is 1. The van der Waals surface area contributed by atoms with Gasteiger partial charge in [0.25, 0.3) is 0 Å². The van der Waals surface area contributed by atoms with E-state index in [0.29, 0.717) is 11.4 Å². The van der Waals surface area contributed by atoms with Crippen LogP contribution in [0, 0.1) is 13.8 Å². The van der Waals surface area contributed by atoms with E-state index < -0.39 is 11.6 Å². The summed E-state index contributed by atoms with van der Waals surface area (Å²) in [6, 6.07) is 28.4. The summed E-state index contributed by atoms with van der Waals surface area (Å²) in [6.07, 6.45) is -0.647. The lowest BCUT2D eigenvalue weighted by Gasteiger charge is -2.43. The molecule has 4 nitrogen and oxygen atoms in total. The van der Waals surface area contributed by atoms with Gasteiger partial charge < -0.3 is 20.9 Å². The van der Waals surface area contributed by atoms with Crippen molar-refractivity contribution in [2.45, 2.75) is 46.3 Å². The first-order chi connectivity index (χ1) is 16.9. The zero-order valence-corrected chi connectivity index (χ0v) is 21.1. The minimum atomic E-state index is -0.802. The number of fused-ring (bicyclic) bond motifs is 2. The summed E-state index contributed by atoms with van der Waals surface area (Å²) < 4.78 is 6.40. The van der Waals surface area contributed by atoms with Crippen molar-refractivity contribution in [3.05, 3.63) is 118 Å². The zero-order valence-electron chi connectivity index (χ0n) is 21.1. The molecule has 2 unspecified atom stereocenters. The first-order valence-corrected chi connectivity index (χ1v) is 12.2. The summed E-state index contributed by atoms with van der Waals surface area (Å²) >= 11 is 0. The average Bonchev–Trinajstić information content (AvgIpc) is 2.86. The van der Waals surface area contributed by atoms with Crippen LogP contribution in [0.15, 0.2) is 84.9 Å². The molecule has 0 bridgehead atoms. The van der Waals surface area contributed by atoms with E-state index in [0.717, 1.165) is 44.8 Å². The van der Waals surface area contributed by atoms with Gasteiger partial charge in [0.15, 0.2) is 0 Å². The van der Waals surface area contributed by atoms with Crippen LogP contribution in [0.4, 0.5) is 11.4 Å². The molecular weight excluding hydrogens is 432 g/mol. The molecule has 180 valence electrons. The molecule has 0 fully saturated rings.